The number of rotatable bonds is 5. The topological polar surface area (TPSA) is 107 Å². The van der Waals surface area contributed by atoms with Gasteiger partial charge in [0.2, 0.25) is 0 Å². The molecule has 0 unspecified atom stereocenters. The molecule has 0 saturated heterocycles. The highest BCUT2D eigenvalue weighted by molar-refractivity contribution is 6.05. The monoisotopic (exact) mass is 395 g/mol. The zero-order valence-electron chi connectivity index (χ0n) is 16.0. The number of carbonyl (C=O) groups is 3. The van der Waals surface area contributed by atoms with Crippen LogP contribution in [0.4, 0.5) is 4.79 Å². The second-order valence-electron chi connectivity index (χ2n) is 6.84. The highest BCUT2D eigenvalue weighted by Gasteiger charge is 2.27. The van der Waals surface area contributed by atoms with Gasteiger partial charge in [-0.25, -0.2) is 14.4 Å². The zero-order chi connectivity index (χ0) is 20.4. The minimum Gasteiger partial charge on any atom is -0.463 e. The van der Waals surface area contributed by atoms with E-state index in [2.05, 4.69) is 15.6 Å². The third-order valence-corrected chi connectivity index (χ3v) is 5.05. The summed E-state index contributed by atoms with van der Waals surface area (Å²) >= 11 is 0. The SMILES string of the molecule is CCOC(=O)C1=C(COC(=O)c2c3c(nc4ccccc24)CCC3)NC(=O)NC1. The standard InChI is InChI=1S/C21H21N3O5/c1-2-28-19(25)14-10-22-21(27)24-17(14)11-29-20(26)18-12-6-3-4-8-15(12)23-16-9-5-7-13(16)18/h3-4,6,8H,2,5,7,9-11H2,1H3,(H2,22,24,27). The molecule has 4 rings (SSSR count). The Morgan fingerprint density at radius 2 is 1.97 bits per heavy atom. The van der Waals surface area contributed by atoms with Gasteiger partial charge in [-0.3, -0.25) is 4.98 Å². The van der Waals surface area contributed by atoms with E-state index in [9.17, 15) is 14.4 Å². The number of nitrogens with one attached hydrogen (secondary N) is 2. The molecule has 0 atom stereocenters. The second kappa shape index (κ2) is 7.90. The van der Waals surface area contributed by atoms with Crippen LogP contribution in [0.1, 0.15) is 35.0 Å². The molecule has 1 aliphatic heterocycles. The molecule has 0 radical (unpaired) electrons. The van der Waals surface area contributed by atoms with Gasteiger partial charge in [0.25, 0.3) is 0 Å². The van der Waals surface area contributed by atoms with Crippen molar-refractivity contribution in [2.45, 2.75) is 26.2 Å². The molecule has 1 aliphatic carbocycles. The molecule has 2 aliphatic rings. The van der Waals surface area contributed by atoms with Crippen LogP contribution in [-0.2, 0) is 27.1 Å². The van der Waals surface area contributed by atoms with Crippen LogP contribution in [-0.4, -0.2) is 42.7 Å². The van der Waals surface area contributed by atoms with Crippen molar-refractivity contribution in [1.29, 1.82) is 0 Å². The summed E-state index contributed by atoms with van der Waals surface area (Å²) < 4.78 is 10.6. The molecule has 29 heavy (non-hydrogen) atoms. The molecule has 8 heteroatoms. The molecule has 150 valence electrons. The van der Waals surface area contributed by atoms with Crippen LogP contribution < -0.4 is 10.6 Å². The van der Waals surface area contributed by atoms with E-state index in [1.165, 1.54) is 0 Å². The number of nitrogens with zero attached hydrogens (tertiary/aromatic N) is 1. The van der Waals surface area contributed by atoms with Gasteiger partial charge in [-0.1, -0.05) is 18.2 Å². The Morgan fingerprint density at radius 3 is 2.79 bits per heavy atom. The van der Waals surface area contributed by atoms with E-state index in [4.69, 9.17) is 9.47 Å². The highest BCUT2D eigenvalue weighted by Crippen LogP contribution is 2.30. The molecule has 0 bridgehead atoms. The van der Waals surface area contributed by atoms with Crippen molar-refractivity contribution in [1.82, 2.24) is 15.6 Å². The summed E-state index contributed by atoms with van der Waals surface area (Å²) in [5.74, 6) is -1.05. The van der Waals surface area contributed by atoms with E-state index in [0.717, 1.165) is 41.4 Å². The average molecular weight is 395 g/mol. The van der Waals surface area contributed by atoms with Crippen molar-refractivity contribution >= 4 is 28.9 Å². The number of aromatic nitrogens is 1. The lowest BCUT2D eigenvalue weighted by molar-refractivity contribution is -0.138. The fourth-order valence-electron chi connectivity index (χ4n) is 3.72. The highest BCUT2D eigenvalue weighted by atomic mass is 16.5. The van der Waals surface area contributed by atoms with Gasteiger partial charge in [0.05, 0.1) is 35.5 Å². The van der Waals surface area contributed by atoms with Crippen LogP contribution in [0.3, 0.4) is 0 Å². The number of ether oxygens (including phenoxy) is 2. The van der Waals surface area contributed by atoms with Crippen LogP contribution in [0.15, 0.2) is 35.5 Å². The zero-order valence-corrected chi connectivity index (χ0v) is 16.0. The maximum atomic E-state index is 13.0. The number of fused-ring (bicyclic) bond motifs is 2. The Bertz CT molecular complexity index is 1040. The third kappa shape index (κ3) is 3.65. The smallest absolute Gasteiger partial charge is 0.339 e. The lowest BCUT2D eigenvalue weighted by atomic mass is 10.0. The summed E-state index contributed by atoms with van der Waals surface area (Å²) in [5.41, 5.74) is 3.59. The van der Waals surface area contributed by atoms with Gasteiger partial charge < -0.3 is 20.1 Å². The van der Waals surface area contributed by atoms with E-state index in [1.54, 1.807) is 6.92 Å². The number of urea groups is 1. The van der Waals surface area contributed by atoms with E-state index < -0.39 is 18.0 Å². The van der Waals surface area contributed by atoms with Crippen LogP contribution >= 0.6 is 0 Å². The molecular formula is C21H21N3O5. The molecule has 0 spiro atoms. The van der Waals surface area contributed by atoms with Crippen LogP contribution in [0.5, 0.6) is 0 Å². The van der Waals surface area contributed by atoms with Crippen molar-refractivity contribution in [3.8, 4) is 0 Å². The number of pyridine rings is 1. The van der Waals surface area contributed by atoms with Gasteiger partial charge in [0.15, 0.2) is 0 Å². The lowest BCUT2D eigenvalue weighted by Crippen LogP contribution is -2.45. The lowest BCUT2D eigenvalue weighted by Gasteiger charge is -2.21. The van der Waals surface area contributed by atoms with Gasteiger partial charge in [-0.2, -0.15) is 0 Å². The van der Waals surface area contributed by atoms with Gasteiger partial charge in [0.1, 0.15) is 6.61 Å². The second-order valence-corrected chi connectivity index (χ2v) is 6.84. The average Bonchev–Trinajstić information content (AvgIpc) is 3.18. The Hall–Kier alpha value is -3.42. The molecular weight excluding hydrogens is 374 g/mol. The Balaban J connectivity index is 1.63. The number of hydrogen-bond acceptors (Lipinski definition) is 6. The van der Waals surface area contributed by atoms with Crippen LogP contribution in [0, 0.1) is 0 Å². The Morgan fingerprint density at radius 1 is 1.14 bits per heavy atom. The van der Waals surface area contributed by atoms with Crippen molar-refractivity contribution in [3.63, 3.8) is 0 Å². The van der Waals surface area contributed by atoms with Crippen molar-refractivity contribution < 1.29 is 23.9 Å². The summed E-state index contributed by atoms with van der Waals surface area (Å²) in [4.78, 5) is 41.5. The molecule has 2 amide bonds. The maximum Gasteiger partial charge on any atom is 0.339 e. The number of para-hydroxylation sites is 1. The third-order valence-electron chi connectivity index (χ3n) is 5.05. The van der Waals surface area contributed by atoms with Gasteiger partial charge in [-0.15, -0.1) is 0 Å². The van der Waals surface area contributed by atoms with Gasteiger partial charge >= 0.3 is 18.0 Å². The largest absolute Gasteiger partial charge is 0.463 e. The molecule has 2 aromatic rings. The van der Waals surface area contributed by atoms with Crippen LogP contribution in [0.2, 0.25) is 0 Å². The molecule has 2 heterocycles. The van der Waals surface area contributed by atoms with Crippen molar-refractivity contribution in [3.05, 3.63) is 52.4 Å². The van der Waals surface area contributed by atoms with E-state index in [-0.39, 0.29) is 31.0 Å². The Labute approximate surface area is 167 Å². The van der Waals surface area contributed by atoms with Gasteiger partial charge in [-0.05, 0) is 37.8 Å². The Kier molecular flexibility index (Phi) is 5.16. The minimum atomic E-state index is -0.554. The predicted molar refractivity (Wildman–Crippen MR) is 104 cm³/mol. The molecule has 0 fully saturated rings. The molecule has 0 saturated carbocycles. The summed E-state index contributed by atoms with van der Waals surface area (Å²) in [5, 5.41) is 5.81. The predicted octanol–water partition coefficient (Wildman–Crippen LogP) is 2.01. The van der Waals surface area contributed by atoms with E-state index >= 15 is 0 Å². The minimum absolute atomic E-state index is 0.0190. The first-order chi connectivity index (χ1) is 14.1. The van der Waals surface area contributed by atoms with Gasteiger partial charge in [0, 0.05) is 11.1 Å². The first-order valence-electron chi connectivity index (χ1n) is 9.60. The number of amides is 2. The summed E-state index contributed by atoms with van der Waals surface area (Å²) in [7, 11) is 0. The number of aryl methyl sites for hydroxylation is 1. The fourth-order valence-corrected chi connectivity index (χ4v) is 3.72. The summed E-state index contributed by atoms with van der Waals surface area (Å²) in [6, 6.07) is 7.01. The normalized spacial score (nSPS) is 15.6. The van der Waals surface area contributed by atoms with Crippen molar-refractivity contribution in [2.24, 2.45) is 0 Å². The molecule has 2 N–H and O–H groups in total. The first-order valence-corrected chi connectivity index (χ1v) is 9.60. The van der Waals surface area contributed by atoms with Crippen LogP contribution in [0.25, 0.3) is 10.9 Å². The first kappa shape index (κ1) is 18.9. The maximum absolute atomic E-state index is 13.0. The van der Waals surface area contributed by atoms with E-state index in [1.807, 2.05) is 24.3 Å². The quantitative estimate of drug-likeness (QED) is 0.750. The number of esters is 2. The molecule has 1 aromatic carbocycles. The number of hydrogen-bond donors (Lipinski definition) is 2. The van der Waals surface area contributed by atoms with E-state index in [0.29, 0.717) is 5.56 Å². The summed E-state index contributed by atoms with van der Waals surface area (Å²) in [6.45, 7) is 1.69. The fraction of sp³-hybridized carbons (Fsp3) is 0.333. The number of benzene rings is 1. The van der Waals surface area contributed by atoms with Crippen molar-refractivity contribution in [2.75, 3.05) is 19.8 Å². The molecule has 8 nitrogen and oxygen atoms in total. The molecule has 1 aromatic heterocycles. The summed E-state index contributed by atoms with van der Waals surface area (Å²) in [6.07, 6.45) is 2.55. The number of carbonyl (C=O) groups excluding carboxylic acids is 3.